The van der Waals surface area contributed by atoms with Gasteiger partial charge in [-0.25, -0.2) is 17.6 Å². The average Bonchev–Trinajstić information content (AvgIpc) is 3.55. The van der Waals surface area contributed by atoms with E-state index in [1.807, 2.05) is 44.2 Å². The summed E-state index contributed by atoms with van der Waals surface area (Å²) in [5, 5.41) is 15.4. The van der Waals surface area contributed by atoms with Crippen LogP contribution in [0.25, 0.3) is 11.1 Å². The molecule has 4 rings (SSSR count). The van der Waals surface area contributed by atoms with Crippen LogP contribution in [0.3, 0.4) is 0 Å². The molecule has 3 aromatic rings. The van der Waals surface area contributed by atoms with E-state index >= 15 is 0 Å². The number of benzene rings is 3. The fourth-order valence-corrected chi connectivity index (χ4v) is 8.26. The van der Waals surface area contributed by atoms with Gasteiger partial charge in [0.05, 0.1) is 23.6 Å². The number of nitrogens with one attached hydrogen (secondary N) is 2. The molecule has 1 aliphatic rings. The first-order valence-corrected chi connectivity index (χ1v) is 18.3. The van der Waals surface area contributed by atoms with Gasteiger partial charge in [-0.15, -0.1) is 11.8 Å². The third-order valence-electron chi connectivity index (χ3n) is 7.63. The summed E-state index contributed by atoms with van der Waals surface area (Å²) >= 11 is 1.22. The summed E-state index contributed by atoms with van der Waals surface area (Å²) in [4.78, 5) is 26.1. The van der Waals surface area contributed by atoms with Crippen LogP contribution in [0.4, 0.5) is 9.18 Å². The van der Waals surface area contributed by atoms with Gasteiger partial charge in [0.15, 0.2) is 6.29 Å². The van der Waals surface area contributed by atoms with Gasteiger partial charge in [-0.3, -0.25) is 4.79 Å². The molecule has 1 aliphatic heterocycles. The van der Waals surface area contributed by atoms with Crippen molar-refractivity contribution in [2.75, 3.05) is 18.9 Å². The van der Waals surface area contributed by atoms with Gasteiger partial charge in [0, 0.05) is 12.3 Å². The number of thioether (sulfide) groups is 1. The summed E-state index contributed by atoms with van der Waals surface area (Å²) in [6.45, 7) is 8.93. The quantitative estimate of drug-likeness (QED) is 0.194. The highest BCUT2D eigenvalue weighted by molar-refractivity contribution is 8.02. The maximum atomic E-state index is 13.8. The van der Waals surface area contributed by atoms with E-state index in [1.54, 1.807) is 45.0 Å². The third kappa shape index (κ3) is 10.0. The highest BCUT2D eigenvalue weighted by Gasteiger charge is 2.41. The molecule has 1 fully saturated rings. The van der Waals surface area contributed by atoms with Crippen molar-refractivity contribution in [3.63, 3.8) is 0 Å². The van der Waals surface area contributed by atoms with Crippen LogP contribution >= 0.6 is 11.8 Å². The van der Waals surface area contributed by atoms with Gasteiger partial charge in [0.2, 0.25) is 15.9 Å². The molecule has 1 unspecified atom stereocenters. The first kappa shape index (κ1) is 37.3. The second-order valence-corrected chi connectivity index (χ2v) is 15.9. The highest BCUT2D eigenvalue weighted by Crippen LogP contribution is 2.32. The Balaban J connectivity index is 1.45. The predicted octanol–water partition coefficient (Wildman–Crippen LogP) is 5.69. The lowest BCUT2D eigenvalue weighted by molar-refractivity contribution is -0.130. The number of ether oxygens (including phenoxy) is 2. The van der Waals surface area contributed by atoms with Gasteiger partial charge in [-0.2, -0.15) is 4.31 Å². The Hall–Kier alpha value is -3.49. The van der Waals surface area contributed by atoms with Crippen molar-refractivity contribution in [2.45, 2.75) is 75.3 Å². The topological polar surface area (TPSA) is 134 Å². The minimum absolute atomic E-state index is 0.0453. The standard InChI is InChI=1S/C35H44FN3O7S2/c1-23(2)30(38-34(42)46-35(3,4)5)33(41)45-21-19-29(26-11-15-27(36)16-12-26)37-31(40)32-39(20-22-47-32)48(43,44)28-17-13-25(14-18-28)24-9-7-6-8-10-24/h6-18,23,29-30,32-33,41H,19-22H2,1-5H3,(H,37,40)(H,38,42)/t29-,30-,32-,33?/m0/s1. The van der Waals surface area contributed by atoms with E-state index in [0.717, 1.165) is 11.1 Å². The van der Waals surface area contributed by atoms with Crippen molar-refractivity contribution in [1.29, 1.82) is 0 Å². The zero-order chi connectivity index (χ0) is 35.1. The van der Waals surface area contributed by atoms with Crippen LogP contribution in [0.1, 0.15) is 52.6 Å². The van der Waals surface area contributed by atoms with Crippen molar-refractivity contribution < 1.29 is 37.0 Å². The summed E-state index contributed by atoms with van der Waals surface area (Å²) in [6.07, 6.45) is -1.92. The van der Waals surface area contributed by atoms with Crippen molar-refractivity contribution in [3.05, 3.63) is 90.2 Å². The van der Waals surface area contributed by atoms with E-state index in [-0.39, 0.29) is 30.4 Å². The van der Waals surface area contributed by atoms with E-state index < -0.39 is 57.2 Å². The van der Waals surface area contributed by atoms with E-state index in [0.29, 0.717) is 11.3 Å². The molecule has 0 bridgehead atoms. The molecule has 1 heterocycles. The number of sulfonamides is 1. The van der Waals surface area contributed by atoms with E-state index in [1.165, 1.54) is 40.3 Å². The van der Waals surface area contributed by atoms with Gasteiger partial charge in [-0.05, 0) is 74.1 Å². The van der Waals surface area contributed by atoms with Crippen LogP contribution in [0.2, 0.25) is 0 Å². The number of amides is 2. The Kier molecular flexibility index (Phi) is 12.7. The summed E-state index contributed by atoms with van der Waals surface area (Å²) in [7, 11) is -4.01. The molecule has 2 amide bonds. The number of aliphatic hydroxyl groups excluding tert-OH is 1. The predicted molar refractivity (Wildman–Crippen MR) is 184 cm³/mol. The lowest BCUT2D eigenvalue weighted by Gasteiger charge is -2.30. The number of hydrogen-bond acceptors (Lipinski definition) is 8. The maximum Gasteiger partial charge on any atom is 0.408 e. The fraction of sp³-hybridized carbons (Fsp3) is 0.429. The molecule has 3 N–H and O–H groups in total. The first-order chi connectivity index (χ1) is 22.7. The molecule has 0 aromatic heterocycles. The average molecular weight is 702 g/mol. The number of carbonyl (C=O) groups excluding carboxylic acids is 2. The van der Waals surface area contributed by atoms with Crippen LogP contribution in [0.5, 0.6) is 0 Å². The Morgan fingerprint density at radius 2 is 1.60 bits per heavy atom. The fourth-order valence-electron chi connectivity index (χ4n) is 5.17. The maximum absolute atomic E-state index is 13.8. The Bertz CT molecular complexity index is 1620. The summed E-state index contributed by atoms with van der Waals surface area (Å²) < 4.78 is 53.4. The Morgan fingerprint density at radius 3 is 2.21 bits per heavy atom. The molecule has 1 saturated heterocycles. The molecule has 48 heavy (non-hydrogen) atoms. The highest BCUT2D eigenvalue weighted by atomic mass is 32.2. The molecule has 3 aromatic carbocycles. The lowest BCUT2D eigenvalue weighted by Crippen LogP contribution is -2.49. The lowest BCUT2D eigenvalue weighted by atomic mass is 10.0. The normalized spacial score (nSPS) is 17.5. The summed E-state index contributed by atoms with van der Waals surface area (Å²) in [5.41, 5.74) is 1.67. The minimum Gasteiger partial charge on any atom is -0.444 e. The van der Waals surface area contributed by atoms with E-state index in [4.69, 9.17) is 9.47 Å². The summed E-state index contributed by atoms with van der Waals surface area (Å²) in [6, 6.07) is 20.3. The number of aliphatic hydroxyl groups is 1. The van der Waals surface area contributed by atoms with Crippen molar-refractivity contribution in [1.82, 2.24) is 14.9 Å². The van der Waals surface area contributed by atoms with Gasteiger partial charge < -0.3 is 25.2 Å². The van der Waals surface area contributed by atoms with Gasteiger partial charge in [0.25, 0.3) is 0 Å². The number of rotatable bonds is 13. The molecule has 4 atom stereocenters. The van der Waals surface area contributed by atoms with Crippen molar-refractivity contribution in [3.8, 4) is 11.1 Å². The van der Waals surface area contributed by atoms with Crippen LogP contribution in [0, 0.1) is 11.7 Å². The molecule has 260 valence electrons. The van der Waals surface area contributed by atoms with Crippen LogP contribution < -0.4 is 10.6 Å². The minimum atomic E-state index is -4.01. The van der Waals surface area contributed by atoms with E-state index in [9.17, 15) is 27.5 Å². The molecule has 0 spiro atoms. The molecule has 10 nitrogen and oxygen atoms in total. The first-order valence-electron chi connectivity index (χ1n) is 15.8. The molecule has 13 heteroatoms. The molecule has 0 saturated carbocycles. The van der Waals surface area contributed by atoms with Gasteiger partial charge >= 0.3 is 6.09 Å². The van der Waals surface area contributed by atoms with Crippen LogP contribution in [0.15, 0.2) is 83.8 Å². The monoisotopic (exact) mass is 701 g/mol. The number of hydrogen-bond donors (Lipinski definition) is 3. The molecule has 0 aliphatic carbocycles. The van der Waals surface area contributed by atoms with Crippen molar-refractivity contribution >= 4 is 33.8 Å². The second kappa shape index (κ2) is 16.3. The van der Waals surface area contributed by atoms with E-state index in [2.05, 4.69) is 10.6 Å². The SMILES string of the molecule is CC(C)[C@H](NC(=O)OC(C)(C)C)C(O)OCC[C@H](NC(=O)[C@@H]1SCCN1S(=O)(=O)c1ccc(-c2ccccc2)cc1)c1ccc(F)cc1. The molecular formula is C35H44FN3O7S2. The Morgan fingerprint density at radius 1 is 0.979 bits per heavy atom. The number of nitrogens with zero attached hydrogens (tertiary/aromatic N) is 1. The second-order valence-electron chi connectivity index (χ2n) is 12.8. The number of alkyl carbamates (subject to hydrolysis) is 1. The largest absolute Gasteiger partial charge is 0.444 e. The van der Waals surface area contributed by atoms with Crippen LogP contribution in [-0.4, -0.2) is 72.0 Å². The zero-order valence-corrected chi connectivity index (χ0v) is 29.4. The molecular weight excluding hydrogens is 658 g/mol. The van der Waals surface area contributed by atoms with Crippen LogP contribution in [-0.2, 0) is 24.3 Å². The Labute approximate surface area is 286 Å². The smallest absolute Gasteiger partial charge is 0.408 e. The third-order valence-corrected chi connectivity index (χ3v) is 10.8. The van der Waals surface area contributed by atoms with Gasteiger partial charge in [0.1, 0.15) is 16.8 Å². The molecule has 0 radical (unpaired) electrons. The number of carbonyl (C=O) groups is 2. The number of halogens is 1. The zero-order valence-electron chi connectivity index (χ0n) is 27.8. The summed E-state index contributed by atoms with van der Waals surface area (Å²) in [5.74, 6) is -0.757. The van der Waals surface area contributed by atoms with Crippen molar-refractivity contribution in [2.24, 2.45) is 5.92 Å². The van der Waals surface area contributed by atoms with Gasteiger partial charge in [-0.1, -0.05) is 68.4 Å².